The van der Waals surface area contributed by atoms with Gasteiger partial charge in [0.1, 0.15) is 5.60 Å². The molecule has 0 saturated heterocycles. The summed E-state index contributed by atoms with van der Waals surface area (Å²) >= 11 is 0. The van der Waals surface area contributed by atoms with Crippen LogP contribution in [0.5, 0.6) is 0 Å². The summed E-state index contributed by atoms with van der Waals surface area (Å²) in [4.78, 5) is 0. The van der Waals surface area contributed by atoms with E-state index < -0.39 is 5.60 Å². The van der Waals surface area contributed by atoms with Gasteiger partial charge in [-0.2, -0.15) is 0 Å². The van der Waals surface area contributed by atoms with Crippen molar-refractivity contribution in [3.63, 3.8) is 0 Å². The molecule has 0 spiro atoms. The first-order valence-corrected chi connectivity index (χ1v) is 6.45. The fraction of sp³-hybridized carbons (Fsp3) is 0.167. The number of aliphatic hydroxyl groups is 1. The lowest BCUT2D eigenvalue weighted by molar-refractivity contribution is 0.0860. The van der Waals surface area contributed by atoms with Crippen LogP contribution in [-0.4, -0.2) is 5.11 Å². The highest BCUT2D eigenvalue weighted by Crippen LogP contribution is 2.34. The second-order valence-electron chi connectivity index (χ2n) is 4.54. The van der Waals surface area contributed by atoms with Crippen molar-refractivity contribution in [1.29, 1.82) is 0 Å². The number of hydrogen-bond donors (Lipinski definition) is 1. The van der Waals surface area contributed by atoms with Crippen molar-refractivity contribution in [3.8, 4) is 11.1 Å². The van der Waals surface area contributed by atoms with E-state index in [0.29, 0.717) is 6.42 Å². The molecule has 0 bridgehead atoms. The van der Waals surface area contributed by atoms with E-state index in [1.165, 1.54) is 0 Å². The third-order valence-corrected chi connectivity index (χ3v) is 3.36. The summed E-state index contributed by atoms with van der Waals surface area (Å²) in [5, 5.41) is 10.8. The van der Waals surface area contributed by atoms with Crippen molar-refractivity contribution >= 4 is 0 Å². The van der Waals surface area contributed by atoms with E-state index >= 15 is 0 Å². The van der Waals surface area contributed by atoms with Crippen LogP contribution < -0.4 is 0 Å². The maximum atomic E-state index is 10.8. The van der Waals surface area contributed by atoms with Gasteiger partial charge in [0.25, 0.3) is 0 Å². The molecule has 1 atom stereocenters. The van der Waals surface area contributed by atoms with Gasteiger partial charge in [-0.05, 0) is 29.2 Å². The Morgan fingerprint density at radius 2 is 1.74 bits per heavy atom. The van der Waals surface area contributed by atoms with Gasteiger partial charge >= 0.3 is 0 Å². The third kappa shape index (κ3) is 2.68. The van der Waals surface area contributed by atoms with Crippen molar-refractivity contribution in [2.45, 2.75) is 18.9 Å². The summed E-state index contributed by atoms with van der Waals surface area (Å²) in [5.74, 6) is 0. The summed E-state index contributed by atoms with van der Waals surface area (Å²) in [6.07, 6.45) is 2.22. The molecule has 2 aromatic rings. The zero-order valence-electron chi connectivity index (χ0n) is 11.1. The lowest BCUT2D eigenvalue weighted by atomic mass is 9.85. The Bertz CT molecular complexity index is 594. The fourth-order valence-corrected chi connectivity index (χ4v) is 2.27. The Labute approximate surface area is 114 Å². The summed E-state index contributed by atoms with van der Waals surface area (Å²) < 4.78 is 0. The van der Waals surface area contributed by atoms with Gasteiger partial charge in [-0.25, -0.2) is 0 Å². The molecule has 0 aliphatic heterocycles. The smallest absolute Gasteiger partial charge is 0.115 e. The molecule has 2 aromatic carbocycles. The maximum Gasteiger partial charge on any atom is 0.115 e. The Morgan fingerprint density at radius 3 is 2.37 bits per heavy atom. The van der Waals surface area contributed by atoms with E-state index in [2.05, 4.69) is 12.3 Å². The molecule has 0 aliphatic carbocycles. The highest BCUT2D eigenvalue weighted by atomic mass is 16.3. The molecular formula is C18H18O. The zero-order valence-corrected chi connectivity index (χ0v) is 11.1. The van der Waals surface area contributed by atoms with Crippen molar-refractivity contribution in [2.75, 3.05) is 0 Å². The lowest BCUT2D eigenvalue weighted by Gasteiger charge is -2.25. The van der Waals surface area contributed by atoms with Crippen LogP contribution in [0.25, 0.3) is 11.1 Å². The van der Waals surface area contributed by atoms with E-state index in [4.69, 9.17) is 0 Å². The first-order chi connectivity index (χ1) is 9.21. The summed E-state index contributed by atoms with van der Waals surface area (Å²) in [6.45, 7) is 5.53. The normalized spacial score (nSPS) is 13.4. The highest BCUT2D eigenvalue weighted by Gasteiger charge is 2.26. The van der Waals surface area contributed by atoms with Crippen molar-refractivity contribution in [2.24, 2.45) is 0 Å². The zero-order chi connectivity index (χ0) is 13.7. The first-order valence-electron chi connectivity index (χ1n) is 6.45. The van der Waals surface area contributed by atoms with E-state index in [1.54, 1.807) is 6.08 Å². The number of hydrogen-bond acceptors (Lipinski definition) is 1. The molecule has 0 aliphatic rings. The number of benzene rings is 2. The predicted octanol–water partition coefficient (Wildman–Crippen LogP) is 4.29. The lowest BCUT2D eigenvalue weighted by Crippen LogP contribution is -2.22. The molecule has 0 saturated carbocycles. The minimum absolute atomic E-state index is 0.583. The molecule has 96 valence electrons. The Hall–Kier alpha value is -2.08. The molecule has 0 radical (unpaired) electrons. The SMILES string of the molecule is C=C=CC(O)(CC)c1ccccc1-c1ccccc1. The van der Waals surface area contributed by atoms with Gasteiger partial charge in [0, 0.05) is 0 Å². The average molecular weight is 250 g/mol. The van der Waals surface area contributed by atoms with Crippen LogP contribution in [0, 0.1) is 0 Å². The minimum atomic E-state index is -1.02. The van der Waals surface area contributed by atoms with Crippen molar-refractivity contribution in [3.05, 3.63) is 78.5 Å². The molecule has 1 unspecified atom stereocenters. The molecule has 1 nitrogen and oxygen atoms in total. The van der Waals surface area contributed by atoms with Crippen LogP contribution in [0.3, 0.4) is 0 Å². The molecule has 1 heteroatoms. The van der Waals surface area contributed by atoms with E-state index in [-0.39, 0.29) is 0 Å². The predicted molar refractivity (Wildman–Crippen MR) is 79.8 cm³/mol. The first kappa shape index (κ1) is 13.4. The van der Waals surface area contributed by atoms with Gasteiger partial charge in [0.05, 0.1) is 0 Å². The average Bonchev–Trinajstić information content (AvgIpc) is 2.48. The Balaban J connectivity index is 2.62. The molecule has 0 amide bonds. The van der Waals surface area contributed by atoms with Crippen LogP contribution in [0.2, 0.25) is 0 Å². The van der Waals surface area contributed by atoms with Crippen LogP contribution in [-0.2, 0) is 5.60 Å². The minimum Gasteiger partial charge on any atom is -0.380 e. The Kier molecular flexibility index (Phi) is 4.01. The van der Waals surface area contributed by atoms with E-state index in [9.17, 15) is 5.11 Å². The van der Waals surface area contributed by atoms with Crippen LogP contribution in [0.15, 0.2) is 73.0 Å². The van der Waals surface area contributed by atoms with E-state index in [1.807, 2.05) is 61.5 Å². The standard InChI is InChI=1S/C18H18O/c1-3-14-18(19,4-2)17-13-9-8-12-16(17)15-10-6-5-7-11-15/h5-14,19H,1,4H2,2H3. The van der Waals surface area contributed by atoms with Gasteiger partial charge in [-0.3, -0.25) is 0 Å². The van der Waals surface area contributed by atoms with Gasteiger partial charge in [0.2, 0.25) is 0 Å². The molecule has 0 aromatic heterocycles. The topological polar surface area (TPSA) is 20.2 Å². The molecule has 2 rings (SSSR count). The van der Waals surface area contributed by atoms with Crippen LogP contribution in [0.4, 0.5) is 0 Å². The molecule has 1 N–H and O–H groups in total. The highest BCUT2D eigenvalue weighted by molar-refractivity contribution is 5.68. The van der Waals surface area contributed by atoms with Gasteiger partial charge in [0.15, 0.2) is 0 Å². The second kappa shape index (κ2) is 5.71. The van der Waals surface area contributed by atoms with Gasteiger partial charge < -0.3 is 5.11 Å². The molecule has 19 heavy (non-hydrogen) atoms. The third-order valence-electron chi connectivity index (χ3n) is 3.36. The number of rotatable bonds is 4. The largest absolute Gasteiger partial charge is 0.380 e. The fourth-order valence-electron chi connectivity index (χ4n) is 2.27. The van der Waals surface area contributed by atoms with Crippen molar-refractivity contribution < 1.29 is 5.11 Å². The second-order valence-corrected chi connectivity index (χ2v) is 4.54. The summed E-state index contributed by atoms with van der Waals surface area (Å²) in [6, 6.07) is 18.0. The maximum absolute atomic E-state index is 10.8. The quantitative estimate of drug-likeness (QED) is 0.802. The molecular weight excluding hydrogens is 232 g/mol. The van der Waals surface area contributed by atoms with Crippen molar-refractivity contribution in [1.82, 2.24) is 0 Å². The monoisotopic (exact) mass is 250 g/mol. The Morgan fingerprint density at radius 1 is 1.11 bits per heavy atom. The van der Waals surface area contributed by atoms with Gasteiger partial charge in [-0.15, -0.1) is 5.73 Å². The summed E-state index contributed by atoms with van der Waals surface area (Å²) in [5.41, 5.74) is 4.72. The molecule has 0 heterocycles. The van der Waals surface area contributed by atoms with Crippen LogP contribution >= 0.6 is 0 Å². The molecule has 0 fully saturated rings. The van der Waals surface area contributed by atoms with Crippen LogP contribution in [0.1, 0.15) is 18.9 Å². The van der Waals surface area contributed by atoms with E-state index in [0.717, 1.165) is 16.7 Å². The summed E-state index contributed by atoms with van der Waals surface area (Å²) in [7, 11) is 0. The van der Waals surface area contributed by atoms with Gasteiger partial charge in [-0.1, -0.05) is 68.1 Å².